The molecule has 0 unspecified atom stereocenters. The maximum atomic E-state index is 12.8. The molecule has 0 spiro atoms. The van der Waals surface area contributed by atoms with Gasteiger partial charge in [0.15, 0.2) is 0 Å². The fourth-order valence-corrected chi connectivity index (χ4v) is 0.957. The van der Waals surface area contributed by atoms with Crippen molar-refractivity contribution in [2.75, 3.05) is 13.6 Å². The van der Waals surface area contributed by atoms with Crippen molar-refractivity contribution in [3.05, 3.63) is 35.1 Å². The van der Waals surface area contributed by atoms with Gasteiger partial charge < -0.3 is 5.32 Å². The first-order valence-electron chi connectivity index (χ1n) is 4.13. The van der Waals surface area contributed by atoms with Crippen molar-refractivity contribution < 1.29 is 4.39 Å². The van der Waals surface area contributed by atoms with E-state index in [1.165, 1.54) is 6.07 Å². The largest absolute Gasteiger partial charge is 0.309 e. The highest BCUT2D eigenvalue weighted by Crippen LogP contribution is 2.07. The van der Waals surface area contributed by atoms with Gasteiger partial charge in [-0.05, 0) is 37.7 Å². The van der Waals surface area contributed by atoms with Crippen molar-refractivity contribution in [3.63, 3.8) is 0 Å². The molecule has 1 aromatic carbocycles. The quantitative estimate of drug-likeness (QED) is 0.644. The summed E-state index contributed by atoms with van der Waals surface area (Å²) in [5.41, 5.74) is 1.49. The van der Waals surface area contributed by atoms with Crippen LogP contribution < -0.4 is 5.32 Å². The molecule has 0 radical (unpaired) electrons. The predicted molar refractivity (Wildman–Crippen MR) is 51.9 cm³/mol. The number of aryl methyl sites for hydroxylation is 1. The molecule has 13 heavy (non-hydrogen) atoms. The molecule has 0 saturated carbocycles. The Balaban J connectivity index is 2.81. The number of benzene rings is 1. The molecule has 0 bridgehead atoms. The summed E-state index contributed by atoms with van der Waals surface area (Å²) in [5, 5.41) is 2.92. The van der Waals surface area contributed by atoms with E-state index >= 15 is 0 Å². The number of hydrogen-bond acceptors (Lipinski definition) is 1. The van der Waals surface area contributed by atoms with Crippen LogP contribution in [0.5, 0.6) is 0 Å². The highest BCUT2D eigenvalue weighted by molar-refractivity contribution is 5.37. The van der Waals surface area contributed by atoms with Crippen LogP contribution in [0.15, 0.2) is 18.2 Å². The molecule has 0 aliphatic rings. The zero-order chi connectivity index (χ0) is 9.68. The van der Waals surface area contributed by atoms with Crippen LogP contribution >= 0.6 is 0 Å². The lowest BCUT2D eigenvalue weighted by Gasteiger charge is -1.95. The zero-order valence-electron chi connectivity index (χ0n) is 7.82. The van der Waals surface area contributed by atoms with Gasteiger partial charge in [0.25, 0.3) is 0 Å². The first-order valence-corrected chi connectivity index (χ1v) is 4.13. The lowest BCUT2D eigenvalue weighted by atomic mass is 10.1. The minimum atomic E-state index is -0.181. The molecule has 0 aliphatic carbocycles. The molecule has 1 nitrogen and oxygen atoms in total. The Morgan fingerprint density at radius 1 is 1.46 bits per heavy atom. The van der Waals surface area contributed by atoms with Crippen LogP contribution in [-0.2, 0) is 0 Å². The van der Waals surface area contributed by atoms with E-state index in [-0.39, 0.29) is 5.82 Å². The monoisotopic (exact) mass is 177 g/mol. The fourth-order valence-electron chi connectivity index (χ4n) is 0.957. The molecule has 1 aromatic rings. The van der Waals surface area contributed by atoms with Crippen molar-refractivity contribution in [1.29, 1.82) is 0 Å². The third-order valence-corrected chi connectivity index (χ3v) is 1.66. The molecule has 0 atom stereocenters. The minimum Gasteiger partial charge on any atom is -0.309 e. The molecule has 0 heterocycles. The van der Waals surface area contributed by atoms with Crippen molar-refractivity contribution >= 4 is 0 Å². The average molecular weight is 177 g/mol. The fraction of sp³-hybridized carbons (Fsp3) is 0.273. The van der Waals surface area contributed by atoms with Crippen molar-refractivity contribution in [2.45, 2.75) is 6.92 Å². The number of halogens is 1. The number of nitrogens with one attached hydrogen (secondary N) is 1. The van der Waals surface area contributed by atoms with E-state index in [2.05, 4.69) is 17.2 Å². The Morgan fingerprint density at radius 3 is 2.85 bits per heavy atom. The smallest absolute Gasteiger partial charge is 0.126 e. The lowest BCUT2D eigenvalue weighted by Crippen LogP contribution is -2.04. The Hall–Kier alpha value is -1.33. The standard InChI is InChI=1S/C11H12FN/c1-9-8-10(4-3-7-13-2)5-6-11(9)12/h5-6,8,13H,7H2,1-2H3. The zero-order valence-corrected chi connectivity index (χ0v) is 7.82. The summed E-state index contributed by atoms with van der Waals surface area (Å²) in [7, 11) is 1.84. The van der Waals surface area contributed by atoms with Crippen molar-refractivity contribution in [1.82, 2.24) is 5.32 Å². The average Bonchev–Trinajstić information content (AvgIpc) is 2.12. The summed E-state index contributed by atoms with van der Waals surface area (Å²) in [6, 6.07) is 4.88. The first-order chi connectivity index (χ1) is 6.24. The Kier molecular flexibility index (Phi) is 3.48. The molecular weight excluding hydrogens is 165 g/mol. The van der Waals surface area contributed by atoms with Crippen LogP contribution in [0.2, 0.25) is 0 Å². The number of rotatable bonds is 1. The van der Waals surface area contributed by atoms with Gasteiger partial charge in [-0.2, -0.15) is 0 Å². The van der Waals surface area contributed by atoms with Crippen LogP contribution in [0.1, 0.15) is 11.1 Å². The van der Waals surface area contributed by atoms with Crippen LogP contribution in [0.25, 0.3) is 0 Å². The van der Waals surface area contributed by atoms with E-state index in [0.29, 0.717) is 12.1 Å². The second kappa shape index (κ2) is 4.64. The molecule has 2 heteroatoms. The van der Waals surface area contributed by atoms with Crippen LogP contribution in [0.3, 0.4) is 0 Å². The van der Waals surface area contributed by atoms with Gasteiger partial charge in [0.1, 0.15) is 5.82 Å². The van der Waals surface area contributed by atoms with Crippen LogP contribution in [0, 0.1) is 24.6 Å². The van der Waals surface area contributed by atoms with Gasteiger partial charge >= 0.3 is 0 Å². The van der Waals surface area contributed by atoms with E-state index in [1.54, 1.807) is 19.1 Å². The molecule has 1 rings (SSSR count). The van der Waals surface area contributed by atoms with E-state index in [4.69, 9.17) is 0 Å². The maximum Gasteiger partial charge on any atom is 0.126 e. The Bertz CT molecular complexity index is 347. The number of hydrogen-bond donors (Lipinski definition) is 1. The SMILES string of the molecule is CNCC#Cc1ccc(F)c(C)c1. The summed E-state index contributed by atoms with van der Waals surface area (Å²) in [4.78, 5) is 0. The molecule has 1 N–H and O–H groups in total. The van der Waals surface area contributed by atoms with Gasteiger partial charge in [0, 0.05) is 5.56 Å². The van der Waals surface area contributed by atoms with Gasteiger partial charge in [-0.1, -0.05) is 11.8 Å². The van der Waals surface area contributed by atoms with Crippen molar-refractivity contribution in [2.24, 2.45) is 0 Å². The predicted octanol–water partition coefficient (Wildman–Crippen LogP) is 1.71. The van der Waals surface area contributed by atoms with Gasteiger partial charge in [-0.25, -0.2) is 4.39 Å². The topological polar surface area (TPSA) is 12.0 Å². The highest BCUT2D eigenvalue weighted by atomic mass is 19.1. The summed E-state index contributed by atoms with van der Waals surface area (Å²) >= 11 is 0. The molecule has 0 aromatic heterocycles. The van der Waals surface area contributed by atoms with E-state index in [1.807, 2.05) is 7.05 Å². The van der Waals surface area contributed by atoms with E-state index in [0.717, 1.165) is 5.56 Å². The summed E-state index contributed by atoms with van der Waals surface area (Å²) in [6.45, 7) is 2.38. The molecule has 68 valence electrons. The maximum absolute atomic E-state index is 12.8. The van der Waals surface area contributed by atoms with E-state index < -0.39 is 0 Å². The Labute approximate surface area is 78.0 Å². The van der Waals surface area contributed by atoms with Gasteiger partial charge in [0.2, 0.25) is 0 Å². The molecule has 0 saturated heterocycles. The van der Waals surface area contributed by atoms with Crippen molar-refractivity contribution in [3.8, 4) is 11.8 Å². The lowest BCUT2D eigenvalue weighted by molar-refractivity contribution is 0.618. The van der Waals surface area contributed by atoms with Gasteiger partial charge in [-0.15, -0.1) is 0 Å². The van der Waals surface area contributed by atoms with Gasteiger partial charge in [0.05, 0.1) is 6.54 Å². The molecule has 0 fully saturated rings. The Morgan fingerprint density at radius 2 is 2.23 bits per heavy atom. The molecule has 0 aliphatic heterocycles. The van der Waals surface area contributed by atoms with Crippen LogP contribution in [0.4, 0.5) is 4.39 Å². The summed E-state index contributed by atoms with van der Waals surface area (Å²) < 4.78 is 12.8. The summed E-state index contributed by atoms with van der Waals surface area (Å²) in [6.07, 6.45) is 0. The highest BCUT2D eigenvalue weighted by Gasteiger charge is 1.95. The second-order valence-electron chi connectivity index (χ2n) is 2.80. The third kappa shape index (κ3) is 2.89. The van der Waals surface area contributed by atoms with Gasteiger partial charge in [-0.3, -0.25) is 0 Å². The van der Waals surface area contributed by atoms with Crippen LogP contribution in [-0.4, -0.2) is 13.6 Å². The molecule has 0 amide bonds. The van der Waals surface area contributed by atoms with E-state index in [9.17, 15) is 4.39 Å². The third-order valence-electron chi connectivity index (χ3n) is 1.66. The normalized spacial score (nSPS) is 9.15. The summed E-state index contributed by atoms with van der Waals surface area (Å²) in [5.74, 6) is 5.67. The second-order valence-corrected chi connectivity index (χ2v) is 2.80. The minimum absolute atomic E-state index is 0.181. The molecular formula is C11H12FN. The first kappa shape index (κ1) is 9.76.